The fourth-order valence-corrected chi connectivity index (χ4v) is 3.27. The Morgan fingerprint density at radius 1 is 1.33 bits per heavy atom. The van der Waals surface area contributed by atoms with Gasteiger partial charge in [-0.1, -0.05) is 17.8 Å². The van der Waals surface area contributed by atoms with Gasteiger partial charge in [0.25, 0.3) is 0 Å². The smallest absolute Gasteiger partial charge is 0.198 e. The zero-order valence-electron chi connectivity index (χ0n) is 10.7. The van der Waals surface area contributed by atoms with Gasteiger partial charge in [0.1, 0.15) is 17.8 Å². The SMILES string of the molecule is O=C1Cc2ccc(Nc3ncnc4[nH]cc(F)c34)cc2S1. The lowest BCUT2D eigenvalue weighted by Gasteiger charge is -2.08. The standard InChI is InChI=1S/C14H9FN4OS/c15-9-5-16-13-12(9)14(18-6-17-13)19-8-2-1-7-3-11(20)21-10(7)4-8/h1-2,4-6H,3H2,(H2,16,17,18,19). The van der Waals surface area contributed by atoms with Crippen molar-refractivity contribution >= 4 is 39.4 Å². The number of benzene rings is 1. The van der Waals surface area contributed by atoms with Crippen LogP contribution in [-0.2, 0) is 11.2 Å². The van der Waals surface area contributed by atoms with Crippen LogP contribution in [0.2, 0.25) is 0 Å². The molecule has 2 N–H and O–H groups in total. The van der Waals surface area contributed by atoms with Crippen molar-refractivity contribution < 1.29 is 9.18 Å². The third-order valence-electron chi connectivity index (χ3n) is 3.31. The molecule has 21 heavy (non-hydrogen) atoms. The molecule has 104 valence electrons. The van der Waals surface area contributed by atoms with Gasteiger partial charge in [-0.3, -0.25) is 4.79 Å². The van der Waals surface area contributed by atoms with Gasteiger partial charge in [-0.15, -0.1) is 0 Å². The van der Waals surface area contributed by atoms with E-state index in [-0.39, 0.29) is 5.12 Å². The van der Waals surface area contributed by atoms with Crippen LogP contribution in [0.15, 0.2) is 35.6 Å². The Balaban J connectivity index is 1.74. The van der Waals surface area contributed by atoms with Crippen LogP contribution in [-0.4, -0.2) is 20.1 Å². The highest BCUT2D eigenvalue weighted by Crippen LogP contribution is 2.35. The predicted molar refractivity (Wildman–Crippen MR) is 78.1 cm³/mol. The molecule has 3 aromatic rings. The number of nitrogens with one attached hydrogen (secondary N) is 2. The summed E-state index contributed by atoms with van der Waals surface area (Å²) in [5, 5.41) is 3.55. The minimum atomic E-state index is -0.404. The summed E-state index contributed by atoms with van der Waals surface area (Å²) in [5.41, 5.74) is 2.23. The quantitative estimate of drug-likeness (QED) is 0.761. The lowest BCUT2D eigenvalue weighted by atomic mass is 10.1. The van der Waals surface area contributed by atoms with Crippen LogP contribution in [0.5, 0.6) is 0 Å². The highest BCUT2D eigenvalue weighted by Gasteiger charge is 2.20. The summed E-state index contributed by atoms with van der Waals surface area (Å²) in [5.74, 6) is -0.00756. The van der Waals surface area contributed by atoms with E-state index in [1.54, 1.807) is 0 Å². The van der Waals surface area contributed by atoms with Crippen LogP contribution in [0.25, 0.3) is 11.0 Å². The summed E-state index contributed by atoms with van der Waals surface area (Å²) >= 11 is 1.23. The fourth-order valence-electron chi connectivity index (χ4n) is 2.34. The summed E-state index contributed by atoms with van der Waals surface area (Å²) < 4.78 is 13.8. The van der Waals surface area contributed by atoms with Crippen molar-refractivity contribution in [3.63, 3.8) is 0 Å². The first-order valence-corrected chi connectivity index (χ1v) is 7.10. The molecule has 0 fully saturated rings. The molecule has 1 aliphatic rings. The third-order valence-corrected chi connectivity index (χ3v) is 4.28. The molecule has 2 aromatic heterocycles. The molecule has 5 nitrogen and oxygen atoms in total. The van der Waals surface area contributed by atoms with Gasteiger partial charge in [-0.25, -0.2) is 14.4 Å². The number of rotatable bonds is 2. The zero-order valence-corrected chi connectivity index (χ0v) is 11.5. The summed E-state index contributed by atoms with van der Waals surface area (Å²) in [7, 11) is 0. The first-order chi connectivity index (χ1) is 10.2. The molecular weight excluding hydrogens is 291 g/mol. The fraction of sp³-hybridized carbons (Fsp3) is 0.0714. The largest absolute Gasteiger partial charge is 0.343 e. The van der Waals surface area contributed by atoms with Crippen LogP contribution in [0.1, 0.15) is 5.56 Å². The van der Waals surface area contributed by atoms with Gasteiger partial charge < -0.3 is 10.3 Å². The third kappa shape index (κ3) is 2.06. The number of H-pyrrole nitrogens is 1. The number of hydrogen-bond acceptors (Lipinski definition) is 5. The number of carbonyl (C=O) groups is 1. The van der Waals surface area contributed by atoms with Gasteiger partial charge >= 0.3 is 0 Å². The van der Waals surface area contributed by atoms with E-state index in [4.69, 9.17) is 0 Å². The van der Waals surface area contributed by atoms with E-state index in [0.717, 1.165) is 16.1 Å². The molecule has 0 amide bonds. The molecule has 0 atom stereocenters. The number of nitrogens with zero attached hydrogens (tertiary/aromatic N) is 2. The molecule has 0 bridgehead atoms. The molecule has 0 aliphatic carbocycles. The second-order valence-electron chi connectivity index (χ2n) is 4.68. The Morgan fingerprint density at radius 3 is 3.14 bits per heavy atom. The molecule has 7 heteroatoms. The van der Waals surface area contributed by atoms with Crippen molar-refractivity contribution in [1.29, 1.82) is 0 Å². The number of anilines is 2. The number of aromatic nitrogens is 3. The molecule has 0 unspecified atom stereocenters. The summed E-state index contributed by atoms with van der Waals surface area (Å²) in [6.45, 7) is 0. The molecule has 1 aromatic carbocycles. The minimum absolute atomic E-state index is 0.142. The van der Waals surface area contributed by atoms with Crippen molar-refractivity contribution in [2.75, 3.05) is 5.32 Å². The lowest BCUT2D eigenvalue weighted by Crippen LogP contribution is -1.96. The summed E-state index contributed by atoms with van der Waals surface area (Å²) in [6.07, 6.45) is 3.08. The average Bonchev–Trinajstić information content (AvgIpc) is 3.02. The Bertz CT molecular complexity index is 877. The van der Waals surface area contributed by atoms with Gasteiger partial charge in [-0.05, 0) is 17.7 Å². The molecule has 4 rings (SSSR count). The van der Waals surface area contributed by atoms with E-state index in [0.29, 0.717) is 23.3 Å². The van der Waals surface area contributed by atoms with Gasteiger partial charge in [0, 0.05) is 23.2 Å². The monoisotopic (exact) mass is 300 g/mol. The number of hydrogen-bond donors (Lipinski definition) is 2. The van der Waals surface area contributed by atoms with Crippen LogP contribution in [0, 0.1) is 5.82 Å². The topological polar surface area (TPSA) is 70.7 Å². The zero-order chi connectivity index (χ0) is 14.4. The van der Waals surface area contributed by atoms with Crippen molar-refractivity contribution in [3.8, 4) is 0 Å². The van der Waals surface area contributed by atoms with E-state index < -0.39 is 5.82 Å². The van der Waals surface area contributed by atoms with Crippen molar-refractivity contribution in [2.24, 2.45) is 0 Å². The van der Waals surface area contributed by atoms with E-state index in [9.17, 15) is 9.18 Å². The van der Waals surface area contributed by atoms with Gasteiger partial charge in [-0.2, -0.15) is 0 Å². The van der Waals surface area contributed by atoms with E-state index in [1.807, 2.05) is 18.2 Å². The van der Waals surface area contributed by atoms with Crippen molar-refractivity contribution in [3.05, 3.63) is 42.1 Å². The maximum absolute atomic E-state index is 13.8. The normalized spacial score (nSPS) is 13.7. The number of aromatic amines is 1. The van der Waals surface area contributed by atoms with E-state index in [1.165, 1.54) is 24.3 Å². The highest BCUT2D eigenvalue weighted by atomic mass is 32.2. The van der Waals surface area contributed by atoms with Gasteiger partial charge in [0.05, 0.1) is 5.39 Å². The molecule has 1 aliphatic heterocycles. The van der Waals surface area contributed by atoms with Crippen LogP contribution < -0.4 is 5.32 Å². The molecule has 0 saturated carbocycles. The molecule has 0 saturated heterocycles. The Hall–Kier alpha value is -2.41. The molecule has 0 spiro atoms. The number of thioether (sulfide) groups is 1. The Labute approximate surface area is 123 Å². The highest BCUT2D eigenvalue weighted by molar-refractivity contribution is 8.14. The Kier molecular flexibility index (Phi) is 2.68. The minimum Gasteiger partial charge on any atom is -0.343 e. The maximum Gasteiger partial charge on any atom is 0.198 e. The lowest BCUT2D eigenvalue weighted by molar-refractivity contribution is -0.110. The predicted octanol–water partition coefficient (Wildman–Crippen LogP) is 3.02. The van der Waals surface area contributed by atoms with Crippen LogP contribution in [0.3, 0.4) is 0 Å². The number of halogens is 1. The van der Waals surface area contributed by atoms with Crippen LogP contribution >= 0.6 is 11.8 Å². The Morgan fingerprint density at radius 2 is 2.24 bits per heavy atom. The average molecular weight is 300 g/mol. The summed E-state index contributed by atoms with van der Waals surface area (Å²) in [6, 6.07) is 5.64. The van der Waals surface area contributed by atoms with E-state index in [2.05, 4.69) is 20.3 Å². The molecule has 3 heterocycles. The van der Waals surface area contributed by atoms with Crippen LogP contribution in [0.4, 0.5) is 15.9 Å². The first kappa shape index (κ1) is 12.3. The van der Waals surface area contributed by atoms with Gasteiger partial charge in [0.15, 0.2) is 10.9 Å². The maximum atomic E-state index is 13.8. The second-order valence-corrected chi connectivity index (χ2v) is 5.78. The molecule has 0 radical (unpaired) electrons. The van der Waals surface area contributed by atoms with Crippen molar-refractivity contribution in [1.82, 2.24) is 15.0 Å². The van der Waals surface area contributed by atoms with Gasteiger partial charge in [0.2, 0.25) is 0 Å². The summed E-state index contributed by atoms with van der Waals surface area (Å²) in [4.78, 5) is 23.2. The first-order valence-electron chi connectivity index (χ1n) is 6.29. The second kappa shape index (κ2) is 4.56. The van der Waals surface area contributed by atoms with E-state index >= 15 is 0 Å². The van der Waals surface area contributed by atoms with Crippen molar-refractivity contribution in [2.45, 2.75) is 11.3 Å². The molecular formula is C14H9FN4OS. The number of fused-ring (bicyclic) bond motifs is 2. The number of carbonyl (C=O) groups excluding carboxylic acids is 1.